The molecule has 1 amide bonds. The SMILES string of the molecule is CCOc1ccc(N)cc1CN(CC)CC(=O)NC(C)C. The standard InChI is InChI=1S/C16H27N3O2/c1-5-19(11-16(20)18-12(3)4)10-13-9-14(17)7-8-15(13)21-6-2/h7-9,12H,5-6,10-11,17H2,1-4H3,(H,18,20). The molecule has 0 saturated carbocycles. The number of ether oxygens (including phenoxy) is 1. The molecule has 0 saturated heterocycles. The first-order chi connectivity index (χ1) is 9.96. The average Bonchev–Trinajstić information content (AvgIpc) is 2.40. The van der Waals surface area contributed by atoms with Crippen LogP contribution in [0.15, 0.2) is 18.2 Å². The molecule has 0 aliphatic rings. The maximum Gasteiger partial charge on any atom is 0.234 e. The van der Waals surface area contributed by atoms with Crippen molar-refractivity contribution in [1.82, 2.24) is 10.2 Å². The first-order valence-corrected chi connectivity index (χ1v) is 7.49. The Labute approximate surface area is 127 Å². The molecule has 1 aromatic carbocycles. The van der Waals surface area contributed by atoms with E-state index in [1.165, 1.54) is 0 Å². The topological polar surface area (TPSA) is 67.6 Å². The van der Waals surface area contributed by atoms with Crippen LogP contribution in [0.1, 0.15) is 33.3 Å². The van der Waals surface area contributed by atoms with Crippen molar-refractivity contribution in [2.45, 2.75) is 40.3 Å². The molecule has 0 heterocycles. The summed E-state index contributed by atoms with van der Waals surface area (Å²) in [5.74, 6) is 0.864. The van der Waals surface area contributed by atoms with Crippen LogP contribution in [0.3, 0.4) is 0 Å². The van der Waals surface area contributed by atoms with Gasteiger partial charge in [-0.2, -0.15) is 0 Å². The molecule has 0 aromatic heterocycles. The number of nitrogens with one attached hydrogen (secondary N) is 1. The number of rotatable bonds is 8. The van der Waals surface area contributed by atoms with Crippen molar-refractivity contribution in [2.24, 2.45) is 0 Å². The lowest BCUT2D eigenvalue weighted by atomic mass is 10.1. The van der Waals surface area contributed by atoms with E-state index >= 15 is 0 Å². The van der Waals surface area contributed by atoms with Crippen molar-refractivity contribution in [3.63, 3.8) is 0 Å². The molecule has 5 nitrogen and oxygen atoms in total. The van der Waals surface area contributed by atoms with Gasteiger partial charge in [-0.3, -0.25) is 9.69 Å². The summed E-state index contributed by atoms with van der Waals surface area (Å²) in [7, 11) is 0. The Bertz CT molecular complexity index is 461. The zero-order chi connectivity index (χ0) is 15.8. The van der Waals surface area contributed by atoms with Gasteiger partial charge in [0.25, 0.3) is 0 Å². The lowest BCUT2D eigenvalue weighted by Gasteiger charge is -2.22. The van der Waals surface area contributed by atoms with Gasteiger partial charge in [-0.25, -0.2) is 0 Å². The fraction of sp³-hybridized carbons (Fsp3) is 0.562. The Morgan fingerprint density at radius 2 is 2.10 bits per heavy atom. The van der Waals surface area contributed by atoms with Crippen LogP contribution in [0, 0.1) is 0 Å². The minimum atomic E-state index is 0.0358. The second-order valence-corrected chi connectivity index (χ2v) is 5.33. The van der Waals surface area contributed by atoms with Gasteiger partial charge in [-0.15, -0.1) is 0 Å². The van der Waals surface area contributed by atoms with Crippen molar-refractivity contribution in [3.05, 3.63) is 23.8 Å². The first-order valence-electron chi connectivity index (χ1n) is 7.49. The number of nitrogens with zero attached hydrogens (tertiary/aromatic N) is 1. The highest BCUT2D eigenvalue weighted by Gasteiger charge is 2.13. The van der Waals surface area contributed by atoms with E-state index in [-0.39, 0.29) is 11.9 Å². The molecule has 0 spiro atoms. The first kappa shape index (κ1) is 17.3. The molecule has 0 bridgehead atoms. The van der Waals surface area contributed by atoms with E-state index in [9.17, 15) is 4.79 Å². The molecular weight excluding hydrogens is 266 g/mol. The summed E-state index contributed by atoms with van der Waals surface area (Å²) in [6, 6.07) is 5.78. The third kappa shape index (κ3) is 6.04. The van der Waals surface area contributed by atoms with E-state index in [1.54, 1.807) is 0 Å². The van der Waals surface area contributed by atoms with E-state index in [4.69, 9.17) is 10.5 Å². The quantitative estimate of drug-likeness (QED) is 0.720. The van der Waals surface area contributed by atoms with Gasteiger partial charge in [0.2, 0.25) is 5.91 Å². The predicted octanol–water partition coefficient (Wildman–Crippen LogP) is 2.01. The number of hydrogen-bond donors (Lipinski definition) is 2. The molecule has 0 atom stereocenters. The van der Waals surface area contributed by atoms with E-state index in [1.807, 2.05) is 45.9 Å². The minimum Gasteiger partial charge on any atom is -0.494 e. The molecule has 0 aliphatic carbocycles. The van der Waals surface area contributed by atoms with Crippen LogP contribution in [-0.4, -0.2) is 36.5 Å². The smallest absolute Gasteiger partial charge is 0.234 e. The van der Waals surface area contributed by atoms with Crippen LogP contribution in [0.25, 0.3) is 0 Å². The third-order valence-electron chi connectivity index (χ3n) is 3.04. The average molecular weight is 293 g/mol. The molecule has 21 heavy (non-hydrogen) atoms. The Morgan fingerprint density at radius 1 is 1.38 bits per heavy atom. The highest BCUT2D eigenvalue weighted by atomic mass is 16.5. The molecular formula is C16H27N3O2. The van der Waals surface area contributed by atoms with Crippen molar-refractivity contribution < 1.29 is 9.53 Å². The van der Waals surface area contributed by atoms with Gasteiger partial charge in [0.15, 0.2) is 0 Å². The Morgan fingerprint density at radius 3 is 2.67 bits per heavy atom. The third-order valence-corrected chi connectivity index (χ3v) is 3.04. The Kier molecular flexibility index (Phi) is 7.02. The number of amides is 1. The van der Waals surface area contributed by atoms with E-state index in [2.05, 4.69) is 10.2 Å². The van der Waals surface area contributed by atoms with Crippen LogP contribution in [0.4, 0.5) is 5.69 Å². The van der Waals surface area contributed by atoms with Gasteiger partial charge < -0.3 is 15.8 Å². The summed E-state index contributed by atoms with van der Waals surface area (Å²) in [5.41, 5.74) is 7.57. The van der Waals surface area contributed by atoms with Crippen LogP contribution < -0.4 is 15.8 Å². The summed E-state index contributed by atoms with van der Waals surface area (Å²) in [4.78, 5) is 13.9. The Balaban J connectivity index is 2.76. The Hall–Kier alpha value is -1.75. The van der Waals surface area contributed by atoms with Gasteiger partial charge in [0.1, 0.15) is 5.75 Å². The molecule has 0 unspecified atom stereocenters. The number of nitrogens with two attached hydrogens (primary N) is 1. The number of anilines is 1. The monoisotopic (exact) mass is 293 g/mol. The molecule has 0 aliphatic heterocycles. The number of carbonyl (C=O) groups is 1. The normalized spacial score (nSPS) is 11.0. The van der Waals surface area contributed by atoms with E-state index in [0.29, 0.717) is 25.4 Å². The van der Waals surface area contributed by atoms with Crippen molar-refractivity contribution in [1.29, 1.82) is 0 Å². The minimum absolute atomic E-state index is 0.0358. The van der Waals surface area contributed by atoms with Gasteiger partial charge in [-0.1, -0.05) is 6.92 Å². The molecule has 5 heteroatoms. The van der Waals surface area contributed by atoms with Crippen molar-refractivity contribution in [2.75, 3.05) is 25.4 Å². The molecule has 0 radical (unpaired) electrons. The molecule has 0 fully saturated rings. The largest absolute Gasteiger partial charge is 0.494 e. The highest BCUT2D eigenvalue weighted by molar-refractivity contribution is 5.78. The van der Waals surface area contributed by atoms with Gasteiger partial charge in [0, 0.05) is 23.8 Å². The zero-order valence-electron chi connectivity index (χ0n) is 13.5. The summed E-state index contributed by atoms with van der Waals surface area (Å²) in [6.07, 6.45) is 0. The number of carbonyl (C=O) groups excluding carboxylic acids is 1. The number of benzene rings is 1. The number of hydrogen-bond acceptors (Lipinski definition) is 4. The van der Waals surface area contributed by atoms with Crippen LogP contribution in [0.5, 0.6) is 5.75 Å². The predicted molar refractivity (Wildman–Crippen MR) is 86.3 cm³/mol. The van der Waals surface area contributed by atoms with Crippen LogP contribution in [-0.2, 0) is 11.3 Å². The summed E-state index contributed by atoms with van der Waals surface area (Å²) in [6.45, 7) is 10.3. The molecule has 1 aromatic rings. The van der Waals surface area contributed by atoms with E-state index < -0.39 is 0 Å². The maximum absolute atomic E-state index is 11.9. The fourth-order valence-electron chi connectivity index (χ4n) is 2.11. The fourth-order valence-corrected chi connectivity index (χ4v) is 2.11. The second kappa shape index (κ2) is 8.52. The molecule has 3 N–H and O–H groups in total. The van der Waals surface area contributed by atoms with E-state index in [0.717, 1.165) is 17.9 Å². The second-order valence-electron chi connectivity index (χ2n) is 5.33. The lowest BCUT2D eigenvalue weighted by molar-refractivity contribution is -0.122. The highest BCUT2D eigenvalue weighted by Crippen LogP contribution is 2.23. The van der Waals surface area contributed by atoms with Crippen molar-refractivity contribution >= 4 is 11.6 Å². The van der Waals surface area contributed by atoms with Gasteiger partial charge in [-0.05, 0) is 45.5 Å². The number of nitrogen functional groups attached to an aromatic ring is 1. The number of likely N-dealkylation sites (N-methyl/N-ethyl adjacent to an activating group) is 1. The van der Waals surface area contributed by atoms with Crippen LogP contribution in [0.2, 0.25) is 0 Å². The molecule has 1 rings (SSSR count). The lowest BCUT2D eigenvalue weighted by Crippen LogP contribution is -2.39. The summed E-state index contributed by atoms with van der Waals surface area (Å²) in [5, 5.41) is 2.91. The summed E-state index contributed by atoms with van der Waals surface area (Å²) < 4.78 is 5.62. The molecule has 118 valence electrons. The van der Waals surface area contributed by atoms with Gasteiger partial charge in [0.05, 0.1) is 13.2 Å². The zero-order valence-corrected chi connectivity index (χ0v) is 13.5. The van der Waals surface area contributed by atoms with Gasteiger partial charge >= 0.3 is 0 Å². The maximum atomic E-state index is 11.9. The van der Waals surface area contributed by atoms with Crippen LogP contribution >= 0.6 is 0 Å². The summed E-state index contributed by atoms with van der Waals surface area (Å²) >= 11 is 0. The van der Waals surface area contributed by atoms with Crippen molar-refractivity contribution in [3.8, 4) is 5.75 Å².